The molecule has 0 spiro atoms. The third kappa shape index (κ3) is 6.17. The fraction of sp³-hybridized carbons (Fsp3) is 0.550. The normalized spacial score (nSPS) is 22.2. The van der Waals surface area contributed by atoms with Crippen molar-refractivity contribution in [3.63, 3.8) is 0 Å². The summed E-state index contributed by atoms with van der Waals surface area (Å²) in [5.74, 6) is 0.576. The lowest BCUT2D eigenvalue weighted by Crippen LogP contribution is -2.43. The highest BCUT2D eigenvalue weighted by Gasteiger charge is 2.25. The molecule has 7 nitrogen and oxygen atoms in total. The Kier molecular flexibility index (Phi) is 7.30. The molecule has 154 valence electrons. The monoisotopic (exact) mass is 409 g/mol. The number of carbonyl (C=O) groups excluding carboxylic acids is 1. The topological polar surface area (TPSA) is 96.3 Å². The van der Waals surface area contributed by atoms with Gasteiger partial charge in [-0.3, -0.25) is 9.36 Å². The van der Waals surface area contributed by atoms with Crippen molar-refractivity contribution in [1.29, 1.82) is 0 Å². The van der Waals surface area contributed by atoms with Gasteiger partial charge in [0.1, 0.15) is 5.75 Å². The van der Waals surface area contributed by atoms with Crippen LogP contribution in [0.1, 0.15) is 32.1 Å². The minimum absolute atomic E-state index is 0.0704. The zero-order chi connectivity index (χ0) is 20.0. The van der Waals surface area contributed by atoms with Crippen LogP contribution in [0, 0.1) is 5.92 Å². The predicted octanol–water partition coefficient (Wildman–Crippen LogP) is 2.23. The Morgan fingerprint density at radius 2 is 2.11 bits per heavy atom. The quantitative estimate of drug-likeness (QED) is 0.505. The van der Waals surface area contributed by atoms with Gasteiger partial charge in [0, 0.05) is 19.7 Å². The SMILES string of the molecule is O=C(COc1cccc(P(=O)(O)O)c1)N(C[C@@H]1CC=CCC1)C[C@H]1CCCO1. The van der Waals surface area contributed by atoms with E-state index in [2.05, 4.69) is 12.2 Å². The largest absolute Gasteiger partial charge is 0.484 e. The van der Waals surface area contributed by atoms with Gasteiger partial charge in [-0.1, -0.05) is 18.2 Å². The summed E-state index contributed by atoms with van der Waals surface area (Å²) in [4.78, 5) is 33.2. The lowest BCUT2D eigenvalue weighted by Gasteiger charge is -2.30. The Morgan fingerprint density at radius 1 is 1.25 bits per heavy atom. The number of benzene rings is 1. The highest BCUT2D eigenvalue weighted by Crippen LogP contribution is 2.34. The maximum atomic E-state index is 12.8. The van der Waals surface area contributed by atoms with Gasteiger partial charge in [-0.25, -0.2) is 0 Å². The number of rotatable bonds is 8. The Bertz CT molecular complexity index is 740. The molecule has 2 N–H and O–H groups in total. The summed E-state index contributed by atoms with van der Waals surface area (Å²) in [5, 5.41) is -0.123. The highest BCUT2D eigenvalue weighted by molar-refractivity contribution is 7.60. The molecule has 1 aliphatic heterocycles. The summed E-state index contributed by atoms with van der Waals surface area (Å²) in [6.45, 7) is 1.81. The molecule has 0 aromatic heterocycles. The second kappa shape index (κ2) is 9.70. The molecule has 28 heavy (non-hydrogen) atoms. The number of hydrogen-bond donors (Lipinski definition) is 2. The number of allylic oxidation sites excluding steroid dienone is 2. The first-order valence-corrected chi connectivity index (χ1v) is 11.4. The minimum atomic E-state index is -4.35. The summed E-state index contributed by atoms with van der Waals surface area (Å²) >= 11 is 0. The van der Waals surface area contributed by atoms with Gasteiger partial charge in [0.25, 0.3) is 5.91 Å². The van der Waals surface area contributed by atoms with Gasteiger partial charge in [0.05, 0.1) is 11.4 Å². The van der Waals surface area contributed by atoms with E-state index >= 15 is 0 Å². The highest BCUT2D eigenvalue weighted by atomic mass is 31.2. The summed E-state index contributed by atoms with van der Waals surface area (Å²) in [5.41, 5.74) is 0. The fourth-order valence-corrected chi connectivity index (χ4v) is 4.21. The minimum Gasteiger partial charge on any atom is -0.484 e. The van der Waals surface area contributed by atoms with E-state index in [0.717, 1.165) is 38.7 Å². The molecule has 1 amide bonds. The van der Waals surface area contributed by atoms with Crippen molar-refractivity contribution in [1.82, 2.24) is 4.90 Å². The number of nitrogens with zero attached hydrogens (tertiary/aromatic N) is 1. The molecule has 0 radical (unpaired) electrons. The van der Waals surface area contributed by atoms with Crippen LogP contribution >= 0.6 is 7.60 Å². The van der Waals surface area contributed by atoms with Crippen LogP contribution in [0.25, 0.3) is 0 Å². The number of ether oxygens (including phenoxy) is 2. The van der Waals surface area contributed by atoms with Crippen molar-refractivity contribution in [2.45, 2.75) is 38.2 Å². The molecule has 0 saturated carbocycles. The van der Waals surface area contributed by atoms with E-state index in [-0.39, 0.29) is 29.7 Å². The third-order valence-corrected chi connectivity index (χ3v) is 6.12. The average molecular weight is 409 g/mol. The maximum Gasteiger partial charge on any atom is 0.356 e. The lowest BCUT2D eigenvalue weighted by molar-refractivity contribution is -0.135. The van der Waals surface area contributed by atoms with Crippen molar-refractivity contribution in [3.05, 3.63) is 36.4 Å². The van der Waals surface area contributed by atoms with E-state index < -0.39 is 7.60 Å². The summed E-state index contributed by atoms with van der Waals surface area (Å²) in [6, 6.07) is 5.72. The van der Waals surface area contributed by atoms with Crippen LogP contribution in [-0.4, -0.2) is 53.0 Å². The van der Waals surface area contributed by atoms with Crippen LogP contribution in [0.15, 0.2) is 36.4 Å². The Balaban J connectivity index is 1.61. The molecular weight excluding hydrogens is 381 g/mol. The summed E-state index contributed by atoms with van der Waals surface area (Å²) < 4.78 is 22.6. The molecular formula is C20H28NO6P. The third-order valence-electron chi connectivity index (χ3n) is 5.17. The van der Waals surface area contributed by atoms with Crippen LogP contribution in [0.5, 0.6) is 5.75 Å². The standard InChI is InChI=1S/C20H28NO6P/c22-20(15-27-17-8-4-10-19(12-17)28(23,24)25)21(14-18-9-5-11-26-18)13-16-6-2-1-3-7-16/h1-2,4,8,10,12,16,18H,3,5-7,9,11,13-15H2,(H2,23,24,25)/t16-,18-/m1/s1. The molecule has 2 atom stereocenters. The smallest absolute Gasteiger partial charge is 0.356 e. The van der Waals surface area contributed by atoms with Gasteiger partial charge in [0.2, 0.25) is 0 Å². The van der Waals surface area contributed by atoms with Crippen LogP contribution in [0.3, 0.4) is 0 Å². The number of amides is 1. The first kappa shape index (κ1) is 21.1. The zero-order valence-electron chi connectivity index (χ0n) is 15.9. The molecule has 2 aliphatic rings. The van der Waals surface area contributed by atoms with Crippen LogP contribution in [0.2, 0.25) is 0 Å². The average Bonchev–Trinajstić information content (AvgIpc) is 3.19. The zero-order valence-corrected chi connectivity index (χ0v) is 16.8. The first-order chi connectivity index (χ1) is 13.4. The molecule has 0 bridgehead atoms. The molecule has 1 heterocycles. The molecule has 1 aromatic rings. The number of hydrogen-bond acceptors (Lipinski definition) is 4. The van der Waals surface area contributed by atoms with E-state index in [1.54, 1.807) is 6.07 Å². The second-order valence-electron chi connectivity index (χ2n) is 7.41. The Morgan fingerprint density at radius 3 is 2.79 bits per heavy atom. The van der Waals surface area contributed by atoms with E-state index in [0.29, 0.717) is 19.0 Å². The molecule has 8 heteroatoms. The van der Waals surface area contributed by atoms with Crippen LogP contribution in [-0.2, 0) is 14.1 Å². The van der Waals surface area contributed by atoms with Crippen molar-refractivity contribution in [3.8, 4) is 5.75 Å². The van der Waals surface area contributed by atoms with Gasteiger partial charge < -0.3 is 24.2 Å². The van der Waals surface area contributed by atoms with Crippen LogP contribution in [0.4, 0.5) is 0 Å². The molecule has 1 fully saturated rings. The number of carbonyl (C=O) groups is 1. The van der Waals surface area contributed by atoms with Crippen molar-refractivity contribution >= 4 is 18.8 Å². The Hall–Kier alpha value is -1.66. The first-order valence-electron chi connectivity index (χ1n) is 9.75. The van der Waals surface area contributed by atoms with E-state index in [9.17, 15) is 19.1 Å². The second-order valence-corrected chi connectivity index (χ2v) is 9.02. The fourth-order valence-electron chi connectivity index (χ4n) is 3.64. The van der Waals surface area contributed by atoms with Crippen LogP contribution < -0.4 is 10.0 Å². The van der Waals surface area contributed by atoms with E-state index in [4.69, 9.17) is 9.47 Å². The summed E-state index contributed by atoms with van der Waals surface area (Å²) in [7, 11) is -4.35. The molecule has 3 rings (SSSR count). The van der Waals surface area contributed by atoms with Gasteiger partial charge in [-0.2, -0.15) is 0 Å². The predicted molar refractivity (Wildman–Crippen MR) is 106 cm³/mol. The molecule has 1 aliphatic carbocycles. The van der Waals surface area contributed by atoms with Gasteiger partial charge in [-0.15, -0.1) is 0 Å². The van der Waals surface area contributed by atoms with Gasteiger partial charge in [0.15, 0.2) is 6.61 Å². The van der Waals surface area contributed by atoms with Crippen molar-refractivity contribution in [2.75, 3.05) is 26.3 Å². The van der Waals surface area contributed by atoms with Gasteiger partial charge >= 0.3 is 7.60 Å². The molecule has 1 saturated heterocycles. The lowest BCUT2D eigenvalue weighted by atomic mass is 9.94. The van der Waals surface area contributed by atoms with E-state index in [1.807, 2.05) is 4.90 Å². The summed E-state index contributed by atoms with van der Waals surface area (Å²) in [6.07, 6.45) is 9.48. The molecule has 0 unspecified atom stereocenters. The Labute approximate surface area is 165 Å². The van der Waals surface area contributed by atoms with Gasteiger partial charge in [-0.05, 0) is 56.2 Å². The van der Waals surface area contributed by atoms with Crippen molar-refractivity contribution in [2.24, 2.45) is 5.92 Å². The van der Waals surface area contributed by atoms with Crippen molar-refractivity contribution < 1.29 is 28.6 Å². The van der Waals surface area contributed by atoms with E-state index in [1.165, 1.54) is 18.2 Å². The maximum absolute atomic E-state index is 12.8. The molecule has 1 aromatic carbocycles.